The summed E-state index contributed by atoms with van der Waals surface area (Å²) in [6.07, 6.45) is 10.6. The lowest BCUT2D eigenvalue weighted by Crippen LogP contribution is -2.64. The summed E-state index contributed by atoms with van der Waals surface area (Å²) in [5.74, 6) is -1.28. The van der Waals surface area contributed by atoms with Gasteiger partial charge >= 0.3 is 32.0 Å². The minimum absolute atomic E-state index is 0.0410. The van der Waals surface area contributed by atoms with E-state index in [1.54, 1.807) is 36.4 Å². The van der Waals surface area contributed by atoms with Crippen molar-refractivity contribution in [3.8, 4) is 11.5 Å². The number of amides is 1. The third-order valence-corrected chi connectivity index (χ3v) is 15.8. The standard InChI is InChI=1S/C52H75BrCl6NO14P/c1-5-7-9-11-13-15-17-19-23-33-40(68-42(61)34-28-20-18-16-14-12-10-8-6-2)35-43(62)70-46-44(60-48(63)67-37-51(54,55)56)47(53)69-41(36-66-49(64)71-50(3,4)52(57,58)59)45(46)74-75(65,72-38-29-24-21-25-30-38)73-39-31-26-22-27-32-39/h21-22,24-27,29-32,40-41,44-47H,5-20,23,28,33-37H2,1-4H3,(H,60,63)/t40-,41-,44+,45-,46-,47+/m1/s1. The van der Waals surface area contributed by atoms with Crippen LogP contribution in [-0.4, -0.2) is 86.1 Å². The highest BCUT2D eigenvalue weighted by Gasteiger charge is 2.54. The van der Waals surface area contributed by atoms with E-state index >= 15 is 4.57 Å². The van der Waals surface area contributed by atoms with Gasteiger partial charge in [0.1, 0.15) is 54.1 Å². The number of carbonyl (C=O) groups excluding carboxylic acids is 4. The fourth-order valence-electron chi connectivity index (χ4n) is 7.74. The lowest BCUT2D eigenvalue weighted by molar-refractivity contribution is -0.194. The van der Waals surface area contributed by atoms with Crippen LogP contribution in [0.15, 0.2) is 60.7 Å². The summed E-state index contributed by atoms with van der Waals surface area (Å²) >= 11 is 39.3. The van der Waals surface area contributed by atoms with Gasteiger partial charge in [-0.25, -0.2) is 14.2 Å². The Kier molecular flexibility index (Phi) is 31.8. The first-order chi connectivity index (χ1) is 35.5. The Labute approximate surface area is 482 Å². The molecule has 3 rings (SSSR count). The van der Waals surface area contributed by atoms with Crippen LogP contribution in [-0.2, 0) is 47.1 Å². The summed E-state index contributed by atoms with van der Waals surface area (Å²) in [5.41, 5.74) is -1.71. The summed E-state index contributed by atoms with van der Waals surface area (Å²) in [6, 6.07) is 14.4. The van der Waals surface area contributed by atoms with Crippen LogP contribution in [0.25, 0.3) is 0 Å². The van der Waals surface area contributed by atoms with E-state index in [4.69, 9.17) is 112 Å². The summed E-state index contributed by atoms with van der Waals surface area (Å²) in [5, 5.41) is 1.24. The zero-order valence-corrected chi connectivity index (χ0v) is 50.3. The zero-order valence-electron chi connectivity index (χ0n) is 43.3. The molecule has 426 valence electrons. The zero-order chi connectivity index (χ0) is 55.3. The minimum atomic E-state index is -4.95. The van der Waals surface area contributed by atoms with E-state index in [1.807, 2.05) is 0 Å². The molecule has 23 heteroatoms. The lowest BCUT2D eigenvalue weighted by Gasteiger charge is -2.44. The number of unbranched alkanes of at least 4 members (excludes halogenated alkanes) is 16. The number of hydrogen-bond acceptors (Lipinski definition) is 14. The van der Waals surface area contributed by atoms with Crippen molar-refractivity contribution in [3.63, 3.8) is 0 Å². The molecule has 1 fully saturated rings. The van der Waals surface area contributed by atoms with Gasteiger partial charge in [-0.1, -0.05) is 239 Å². The van der Waals surface area contributed by atoms with Crippen LogP contribution < -0.4 is 14.4 Å². The fraction of sp³-hybridized carbons (Fsp3) is 0.692. The van der Waals surface area contributed by atoms with E-state index in [1.165, 1.54) is 89.5 Å². The van der Waals surface area contributed by atoms with E-state index < -0.39 is 100 Å². The van der Waals surface area contributed by atoms with Crippen molar-refractivity contribution in [1.82, 2.24) is 5.32 Å². The van der Waals surface area contributed by atoms with Crippen molar-refractivity contribution >= 4 is 118 Å². The van der Waals surface area contributed by atoms with Crippen molar-refractivity contribution in [1.29, 1.82) is 0 Å². The van der Waals surface area contributed by atoms with Gasteiger partial charge in [0.15, 0.2) is 11.7 Å². The van der Waals surface area contributed by atoms with Crippen molar-refractivity contribution in [3.05, 3.63) is 60.7 Å². The Morgan fingerprint density at radius 3 is 1.67 bits per heavy atom. The highest BCUT2D eigenvalue weighted by atomic mass is 79.9. The Morgan fingerprint density at radius 1 is 0.680 bits per heavy atom. The number of esters is 2. The van der Waals surface area contributed by atoms with Gasteiger partial charge in [0, 0.05) is 6.42 Å². The number of benzene rings is 2. The summed E-state index contributed by atoms with van der Waals surface area (Å²) < 4.78 is 63.7. The van der Waals surface area contributed by atoms with Crippen LogP contribution in [0, 0.1) is 0 Å². The third-order valence-electron chi connectivity index (χ3n) is 11.9. The lowest BCUT2D eigenvalue weighted by atomic mass is 9.97. The molecule has 0 aromatic heterocycles. The van der Waals surface area contributed by atoms with Crippen molar-refractivity contribution in [2.24, 2.45) is 0 Å². The van der Waals surface area contributed by atoms with Crippen molar-refractivity contribution in [2.45, 2.75) is 211 Å². The second-order valence-electron chi connectivity index (χ2n) is 18.9. The molecule has 6 atom stereocenters. The number of carbonyl (C=O) groups is 4. The first-order valence-electron chi connectivity index (χ1n) is 25.9. The highest BCUT2D eigenvalue weighted by molar-refractivity contribution is 9.09. The molecular formula is C52H75BrCl6NO14P. The number of phosphoric acid groups is 1. The molecule has 1 aliphatic heterocycles. The van der Waals surface area contributed by atoms with Crippen LogP contribution in [0.1, 0.15) is 163 Å². The van der Waals surface area contributed by atoms with Gasteiger partial charge in [-0.3, -0.25) is 14.1 Å². The maximum Gasteiger partial charge on any atom is 0.588 e. The van der Waals surface area contributed by atoms with Crippen LogP contribution in [0.4, 0.5) is 9.59 Å². The molecule has 0 saturated carbocycles. The largest absolute Gasteiger partial charge is 0.588 e. The van der Waals surface area contributed by atoms with Crippen molar-refractivity contribution < 1.29 is 65.7 Å². The predicted molar refractivity (Wildman–Crippen MR) is 298 cm³/mol. The molecule has 2 aromatic rings. The van der Waals surface area contributed by atoms with Gasteiger partial charge in [0.25, 0.3) is 0 Å². The molecule has 0 bridgehead atoms. The topological polar surface area (TPSA) is 180 Å². The van der Waals surface area contributed by atoms with Gasteiger partial charge in [-0.15, -0.1) is 0 Å². The van der Waals surface area contributed by atoms with Crippen LogP contribution in [0.5, 0.6) is 11.5 Å². The smallest absolute Gasteiger partial charge is 0.462 e. The van der Waals surface area contributed by atoms with Crippen LogP contribution in [0.2, 0.25) is 0 Å². The first-order valence-corrected chi connectivity index (χ1v) is 30.6. The number of phosphoric ester groups is 1. The molecule has 2 aromatic carbocycles. The Hall–Kier alpha value is -2.11. The van der Waals surface area contributed by atoms with E-state index in [-0.39, 0.29) is 17.9 Å². The van der Waals surface area contributed by atoms with Gasteiger partial charge in [-0.05, 0) is 57.4 Å². The highest BCUT2D eigenvalue weighted by Crippen LogP contribution is 2.53. The summed E-state index contributed by atoms with van der Waals surface area (Å²) in [4.78, 5) is 54.6. The van der Waals surface area contributed by atoms with E-state index in [2.05, 4.69) is 35.1 Å². The molecule has 0 unspecified atom stereocenters. The Balaban J connectivity index is 2.02. The number of nitrogens with one attached hydrogen (secondary N) is 1. The second kappa shape index (κ2) is 35.5. The number of alkyl carbamates (subject to hydrolysis) is 1. The van der Waals surface area contributed by atoms with Gasteiger partial charge in [-0.2, -0.15) is 0 Å². The molecule has 1 saturated heterocycles. The van der Waals surface area contributed by atoms with Gasteiger partial charge in [0.05, 0.1) is 6.42 Å². The molecule has 1 heterocycles. The minimum Gasteiger partial charge on any atom is -0.462 e. The maximum absolute atomic E-state index is 15.1. The molecule has 1 amide bonds. The fourth-order valence-corrected chi connectivity index (χ4v) is 10.2. The van der Waals surface area contributed by atoms with Crippen LogP contribution in [0.3, 0.4) is 0 Å². The molecule has 1 aliphatic rings. The van der Waals surface area contributed by atoms with Gasteiger partial charge < -0.3 is 42.8 Å². The molecule has 0 radical (unpaired) electrons. The van der Waals surface area contributed by atoms with E-state index in [9.17, 15) is 19.2 Å². The Bertz CT molecular complexity index is 1960. The molecule has 1 N–H and O–H groups in total. The molecule has 0 spiro atoms. The van der Waals surface area contributed by atoms with E-state index in [0.29, 0.717) is 19.3 Å². The normalized spacial score (nSPS) is 18.6. The molecule has 15 nitrogen and oxygen atoms in total. The SMILES string of the molecule is CCCCCCCCCCCC(=O)O[C@H](CCCCCCCCCCC)CC(=O)O[C@@H]1[C@H](NC(=O)OCC(Cl)(Cl)Cl)[C@@H](Br)O[C@H](COC(=O)OC(C)(C)C(Cl)(Cl)Cl)[C@H]1OP(=O)(Oc1ccccc1)Oc1ccccc1. The monoisotopic (exact) mass is 1260 g/mol. The van der Waals surface area contributed by atoms with Crippen molar-refractivity contribution in [2.75, 3.05) is 13.2 Å². The number of ether oxygens (including phenoxy) is 6. The quantitative estimate of drug-likeness (QED) is 0.0226. The number of hydrogen-bond donors (Lipinski definition) is 1. The van der Waals surface area contributed by atoms with E-state index in [0.717, 1.165) is 51.4 Å². The van der Waals surface area contributed by atoms with Crippen LogP contribution >= 0.6 is 93.4 Å². The third kappa shape index (κ3) is 28.0. The molecular weight excluding hydrogens is 1190 g/mol. The summed E-state index contributed by atoms with van der Waals surface area (Å²) in [7, 11) is -4.95. The number of para-hydroxylation sites is 2. The van der Waals surface area contributed by atoms with Gasteiger partial charge in [0.2, 0.25) is 7.59 Å². The average molecular weight is 1260 g/mol. The summed E-state index contributed by atoms with van der Waals surface area (Å²) in [6.45, 7) is 5.58. The second-order valence-corrected chi connectivity index (χ2v) is 26.0. The number of halogens is 7. The predicted octanol–water partition coefficient (Wildman–Crippen LogP) is 16.6. The average Bonchev–Trinajstić information content (AvgIpc) is 3.33. The number of alkyl halides is 7. The maximum atomic E-state index is 15.1. The first kappa shape index (κ1) is 67.2. The molecule has 75 heavy (non-hydrogen) atoms. The Morgan fingerprint density at radius 2 is 1.17 bits per heavy atom. The molecule has 0 aliphatic carbocycles. The number of rotatable bonds is 35.